The van der Waals surface area contributed by atoms with Gasteiger partial charge < -0.3 is 51.2 Å². The van der Waals surface area contributed by atoms with Gasteiger partial charge in [-0.1, -0.05) is 60.7 Å². The second-order valence-corrected chi connectivity index (χ2v) is 15.9. The number of aromatic nitrogens is 6. The van der Waals surface area contributed by atoms with Gasteiger partial charge in [0.25, 0.3) is 0 Å². The van der Waals surface area contributed by atoms with Gasteiger partial charge >= 0.3 is 11.9 Å². The summed E-state index contributed by atoms with van der Waals surface area (Å²) in [6.45, 7) is 3.62. The molecule has 2 heterocycles. The Hall–Kier alpha value is -7.44. The summed E-state index contributed by atoms with van der Waals surface area (Å²) in [5.41, 5.74) is 3.80. The van der Waals surface area contributed by atoms with E-state index in [-0.39, 0.29) is 11.9 Å². The van der Waals surface area contributed by atoms with Gasteiger partial charge in [-0.25, -0.2) is 0 Å². The second-order valence-electron chi connectivity index (χ2n) is 15.9. The lowest BCUT2D eigenvalue weighted by atomic mass is 10.1. The van der Waals surface area contributed by atoms with E-state index in [9.17, 15) is 9.59 Å². The summed E-state index contributed by atoms with van der Waals surface area (Å²) in [6.07, 6.45) is 3.61. The molecule has 6 rings (SSSR count). The predicted molar refractivity (Wildman–Crippen MR) is 260 cm³/mol. The minimum absolute atomic E-state index is 0.237. The van der Waals surface area contributed by atoms with Gasteiger partial charge in [0.05, 0.1) is 0 Å². The van der Waals surface area contributed by atoms with Crippen molar-refractivity contribution in [1.82, 2.24) is 39.7 Å². The Balaban J connectivity index is 1.03. The quantitative estimate of drug-likeness (QED) is 0.0177. The van der Waals surface area contributed by atoms with Crippen LogP contribution >= 0.6 is 0 Å². The third-order valence-corrected chi connectivity index (χ3v) is 9.70. The van der Waals surface area contributed by atoms with Crippen LogP contribution in [0.15, 0.2) is 109 Å². The fraction of sp³-hybridized carbons (Fsp3) is 0.333. The third kappa shape index (κ3) is 17.6. The standard InChI is InChI=1S/C48H60N14O4/c1-61(2)33-11-17-41(63)65-39-23-19-35(20-24-39)27-29-49-43-55-45(59-47(57-43)53-37-13-7-5-8-14-37)51-31-32-52-46-56-44(58-48(60-46)54-38-15-9-6-10-16-38)50-30-28-36-21-25-40(26-22-36)66-42(64)18-12-34-62(3)4/h5-10,13-16,19-26H,11-12,17-18,27-34H2,1-4H3,(H3,49,51,53,55,57,59)(H3,50,52,54,56,58,60). The number of carbonyl (C=O) groups is 2. The first-order valence-electron chi connectivity index (χ1n) is 22.1. The third-order valence-electron chi connectivity index (χ3n) is 9.70. The van der Waals surface area contributed by atoms with E-state index >= 15 is 0 Å². The molecule has 0 saturated carbocycles. The van der Waals surface area contributed by atoms with E-state index in [2.05, 4.69) is 61.8 Å². The molecule has 0 amide bonds. The molecule has 0 aliphatic heterocycles. The van der Waals surface area contributed by atoms with Gasteiger partial charge in [0.15, 0.2) is 0 Å². The van der Waals surface area contributed by atoms with E-state index in [4.69, 9.17) is 9.47 Å². The average molecular weight is 897 g/mol. The van der Waals surface area contributed by atoms with E-state index < -0.39 is 0 Å². The first-order valence-corrected chi connectivity index (χ1v) is 22.1. The molecule has 0 saturated heterocycles. The van der Waals surface area contributed by atoms with Crippen LogP contribution in [-0.2, 0) is 22.4 Å². The Labute approximate surface area is 386 Å². The van der Waals surface area contributed by atoms with Crippen LogP contribution in [0.25, 0.3) is 0 Å². The Bertz CT molecular complexity index is 2220. The van der Waals surface area contributed by atoms with E-state index in [0.29, 0.717) is 99.1 Å². The zero-order chi connectivity index (χ0) is 46.4. The van der Waals surface area contributed by atoms with Crippen molar-refractivity contribution in [3.05, 3.63) is 120 Å². The summed E-state index contributed by atoms with van der Waals surface area (Å²) < 4.78 is 11.0. The Morgan fingerprint density at radius 2 is 0.773 bits per heavy atom. The maximum absolute atomic E-state index is 12.2. The molecule has 0 spiro atoms. The van der Waals surface area contributed by atoms with Gasteiger partial charge in [0, 0.05) is 50.4 Å². The van der Waals surface area contributed by atoms with Crippen molar-refractivity contribution in [3.8, 4) is 11.5 Å². The minimum Gasteiger partial charge on any atom is -0.427 e. The molecule has 6 aromatic rings. The summed E-state index contributed by atoms with van der Waals surface area (Å²) in [6, 6.07) is 34.4. The van der Waals surface area contributed by atoms with Crippen molar-refractivity contribution in [3.63, 3.8) is 0 Å². The second kappa shape index (κ2) is 25.8. The van der Waals surface area contributed by atoms with Crippen molar-refractivity contribution in [2.75, 3.05) is 99.4 Å². The molecule has 18 heteroatoms. The number of rotatable bonds is 27. The molecule has 0 aliphatic carbocycles. The molecular formula is C48H60N14O4. The van der Waals surface area contributed by atoms with Gasteiger partial charge in [-0.3, -0.25) is 9.59 Å². The zero-order valence-corrected chi connectivity index (χ0v) is 38.1. The Morgan fingerprint density at radius 1 is 0.439 bits per heavy atom. The van der Waals surface area contributed by atoms with Gasteiger partial charge in [-0.05, 0) is 127 Å². The zero-order valence-electron chi connectivity index (χ0n) is 38.1. The molecule has 0 fully saturated rings. The van der Waals surface area contributed by atoms with Crippen molar-refractivity contribution >= 4 is 59.0 Å². The highest BCUT2D eigenvalue weighted by molar-refractivity contribution is 5.72. The topological polar surface area (TPSA) is 209 Å². The summed E-state index contributed by atoms with van der Waals surface area (Å²) in [5, 5.41) is 19.8. The first kappa shape index (κ1) is 48.0. The normalized spacial score (nSPS) is 10.9. The number of benzene rings is 4. The van der Waals surface area contributed by atoms with E-state index in [1.165, 1.54) is 0 Å². The molecular weight excluding hydrogens is 837 g/mol. The maximum atomic E-state index is 12.2. The molecule has 0 aliphatic rings. The SMILES string of the molecule is CN(C)CCCC(=O)Oc1ccc(CCNc2nc(NCCNc3nc(NCCc4ccc(OC(=O)CCCN(C)C)cc4)nc(Nc4ccccc4)n3)nc(Nc3ccccc3)n2)cc1. The fourth-order valence-corrected chi connectivity index (χ4v) is 6.36. The lowest BCUT2D eigenvalue weighted by molar-refractivity contribution is -0.135. The van der Waals surface area contributed by atoms with Crippen LogP contribution in [0.3, 0.4) is 0 Å². The highest BCUT2D eigenvalue weighted by atomic mass is 16.5. The molecule has 18 nitrogen and oxygen atoms in total. The summed E-state index contributed by atoms with van der Waals surface area (Å²) >= 11 is 0. The monoisotopic (exact) mass is 896 g/mol. The smallest absolute Gasteiger partial charge is 0.311 e. The number of anilines is 8. The molecule has 6 N–H and O–H groups in total. The maximum Gasteiger partial charge on any atom is 0.311 e. The molecule has 66 heavy (non-hydrogen) atoms. The fourth-order valence-electron chi connectivity index (χ4n) is 6.36. The van der Waals surface area contributed by atoms with Crippen molar-refractivity contribution in [2.45, 2.75) is 38.5 Å². The first-order chi connectivity index (χ1) is 32.1. The molecule has 0 atom stereocenters. The molecule has 0 radical (unpaired) electrons. The summed E-state index contributed by atoms with van der Waals surface area (Å²) in [4.78, 5) is 56.3. The molecule has 2 aromatic heterocycles. The number of hydrogen-bond acceptors (Lipinski definition) is 18. The van der Waals surface area contributed by atoms with E-state index in [1.807, 2.05) is 147 Å². The molecule has 0 bridgehead atoms. The predicted octanol–water partition coefficient (Wildman–Crippen LogP) is 6.87. The van der Waals surface area contributed by atoms with Gasteiger partial charge in [0.1, 0.15) is 11.5 Å². The van der Waals surface area contributed by atoms with Crippen molar-refractivity contribution in [1.29, 1.82) is 0 Å². The number of nitrogens with zero attached hydrogens (tertiary/aromatic N) is 8. The minimum atomic E-state index is -0.237. The van der Waals surface area contributed by atoms with Crippen LogP contribution < -0.4 is 41.4 Å². The molecule has 4 aromatic carbocycles. The van der Waals surface area contributed by atoms with Crippen LogP contribution in [0, 0.1) is 0 Å². The van der Waals surface area contributed by atoms with Gasteiger partial charge in [-0.15, -0.1) is 0 Å². The van der Waals surface area contributed by atoms with Crippen LogP contribution in [0.1, 0.15) is 36.8 Å². The van der Waals surface area contributed by atoms with Gasteiger partial charge in [0.2, 0.25) is 35.7 Å². The Morgan fingerprint density at radius 3 is 1.12 bits per heavy atom. The van der Waals surface area contributed by atoms with Crippen LogP contribution in [0.4, 0.5) is 47.1 Å². The lowest BCUT2D eigenvalue weighted by Gasteiger charge is -2.13. The van der Waals surface area contributed by atoms with Crippen LogP contribution in [0.5, 0.6) is 11.5 Å². The van der Waals surface area contributed by atoms with Gasteiger partial charge in [-0.2, -0.15) is 29.9 Å². The number of carbonyl (C=O) groups excluding carboxylic acids is 2. The average Bonchev–Trinajstić information content (AvgIpc) is 3.29. The van der Waals surface area contributed by atoms with Crippen molar-refractivity contribution in [2.24, 2.45) is 0 Å². The number of para-hydroxylation sites is 2. The largest absolute Gasteiger partial charge is 0.427 e. The number of esters is 2. The summed E-state index contributed by atoms with van der Waals surface area (Å²) in [5.74, 6) is 2.89. The van der Waals surface area contributed by atoms with Crippen molar-refractivity contribution < 1.29 is 19.1 Å². The number of nitrogens with one attached hydrogen (secondary N) is 6. The lowest BCUT2D eigenvalue weighted by Crippen LogP contribution is -2.19. The number of hydrogen-bond donors (Lipinski definition) is 6. The molecule has 346 valence electrons. The van der Waals surface area contributed by atoms with Crippen LogP contribution in [0.2, 0.25) is 0 Å². The Kier molecular flexibility index (Phi) is 18.7. The number of ether oxygens (including phenoxy) is 2. The van der Waals surface area contributed by atoms with E-state index in [0.717, 1.165) is 48.4 Å². The highest BCUT2D eigenvalue weighted by Crippen LogP contribution is 2.19. The summed E-state index contributed by atoms with van der Waals surface area (Å²) in [7, 11) is 7.92. The van der Waals surface area contributed by atoms with Crippen LogP contribution in [-0.4, -0.2) is 119 Å². The highest BCUT2D eigenvalue weighted by Gasteiger charge is 2.12. The molecule has 0 unspecified atom stereocenters. The van der Waals surface area contributed by atoms with E-state index in [1.54, 1.807) is 0 Å².